The van der Waals surface area contributed by atoms with Crippen molar-refractivity contribution in [3.05, 3.63) is 12.4 Å². The van der Waals surface area contributed by atoms with Crippen molar-refractivity contribution in [1.82, 2.24) is 15.1 Å². The van der Waals surface area contributed by atoms with Gasteiger partial charge in [-0.05, 0) is 13.8 Å². The smallest absolute Gasteiger partial charge is 0.242 e. The third kappa shape index (κ3) is 3.90. The molecule has 0 atom stereocenters. The normalized spacial score (nSPS) is 11.4. The van der Waals surface area contributed by atoms with Crippen molar-refractivity contribution < 1.29 is 9.53 Å². The number of carbonyl (C=O) groups excluding carboxylic acids is 1. The molecular weight excluding hydrogens is 208 g/mol. The van der Waals surface area contributed by atoms with E-state index in [1.165, 1.54) is 10.9 Å². The van der Waals surface area contributed by atoms with Crippen molar-refractivity contribution in [2.75, 3.05) is 19.5 Å². The Labute approximate surface area is 94.8 Å². The highest BCUT2D eigenvalue weighted by Gasteiger charge is 2.20. The SMILES string of the molecule is COCC(C)(C)NC(=O)Cn1cc(N)cn1. The van der Waals surface area contributed by atoms with Crippen LogP contribution in [0, 0.1) is 0 Å². The second-order valence-electron chi connectivity index (χ2n) is 4.34. The molecule has 0 aliphatic heterocycles. The van der Waals surface area contributed by atoms with E-state index in [0.717, 1.165) is 0 Å². The Bertz CT molecular complexity index is 359. The van der Waals surface area contributed by atoms with Gasteiger partial charge in [-0.3, -0.25) is 9.48 Å². The number of nitrogens with two attached hydrogens (primary N) is 1. The van der Waals surface area contributed by atoms with Crippen molar-refractivity contribution in [3.63, 3.8) is 0 Å². The molecule has 0 unspecified atom stereocenters. The van der Waals surface area contributed by atoms with Gasteiger partial charge in [0.1, 0.15) is 6.54 Å². The molecule has 1 rings (SSSR count). The quantitative estimate of drug-likeness (QED) is 0.740. The second kappa shape index (κ2) is 4.98. The van der Waals surface area contributed by atoms with Gasteiger partial charge >= 0.3 is 0 Å². The molecule has 1 aromatic heterocycles. The molecule has 0 saturated heterocycles. The maximum atomic E-state index is 11.6. The topological polar surface area (TPSA) is 82.2 Å². The van der Waals surface area contributed by atoms with Gasteiger partial charge in [0.15, 0.2) is 0 Å². The van der Waals surface area contributed by atoms with Crippen LogP contribution in [0.3, 0.4) is 0 Å². The van der Waals surface area contributed by atoms with Crippen LogP contribution in [0.1, 0.15) is 13.8 Å². The van der Waals surface area contributed by atoms with Crippen LogP contribution in [0.25, 0.3) is 0 Å². The number of aromatic nitrogens is 2. The van der Waals surface area contributed by atoms with Gasteiger partial charge in [0, 0.05) is 13.3 Å². The second-order valence-corrected chi connectivity index (χ2v) is 4.34. The third-order valence-corrected chi connectivity index (χ3v) is 1.94. The summed E-state index contributed by atoms with van der Waals surface area (Å²) in [5.74, 6) is -0.120. The minimum absolute atomic E-state index is 0.120. The first-order chi connectivity index (χ1) is 7.43. The van der Waals surface area contributed by atoms with Crippen LogP contribution >= 0.6 is 0 Å². The molecule has 0 saturated carbocycles. The molecular formula is C10H18N4O2. The molecule has 0 aromatic carbocycles. The highest BCUT2D eigenvalue weighted by Crippen LogP contribution is 2.03. The van der Waals surface area contributed by atoms with Gasteiger partial charge in [0.25, 0.3) is 0 Å². The number of amides is 1. The van der Waals surface area contributed by atoms with Gasteiger partial charge in [-0.2, -0.15) is 5.10 Å². The lowest BCUT2D eigenvalue weighted by atomic mass is 10.1. The molecule has 0 radical (unpaired) electrons. The van der Waals surface area contributed by atoms with Crippen molar-refractivity contribution in [2.45, 2.75) is 25.9 Å². The van der Waals surface area contributed by atoms with E-state index >= 15 is 0 Å². The van der Waals surface area contributed by atoms with E-state index in [2.05, 4.69) is 10.4 Å². The summed E-state index contributed by atoms with van der Waals surface area (Å²) in [6, 6.07) is 0. The monoisotopic (exact) mass is 226 g/mol. The molecule has 16 heavy (non-hydrogen) atoms. The van der Waals surface area contributed by atoms with E-state index < -0.39 is 0 Å². The number of nitrogen functional groups attached to an aromatic ring is 1. The first-order valence-corrected chi connectivity index (χ1v) is 5.01. The molecule has 1 amide bonds. The molecule has 0 bridgehead atoms. The minimum Gasteiger partial charge on any atom is -0.396 e. The average molecular weight is 226 g/mol. The summed E-state index contributed by atoms with van der Waals surface area (Å²) in [6.45, 7) is 4.40. The summed E-state index contributed by atoms with van der Waals surface area (Å²) in [5, 5.41) is 6.78. The number of methoxy groups -OCH3 is 1. The minimum atomic E-state index is -0.384. The molecule has 0 aliphatic rings. The predicted octanol–water partition coefficient (Wildman–Crippen LogP) is 0.00650. The Hall–Kier alpha value is -1.56. The van der Waals surface area contributed by atoms with Crippen LogP contribution in [-0.2, 0) is 16.1 Å². The molecule has 0 aliphatic carbocycles. The highest BCUT2D eigenvalue weighted by atomic mass is 16.5. The Morgan fingerprint density at radius 1 is 1.69 bits per heavy atom. The maximum absolute atomic E-state index is 11.6. The Morgan fingerprint density at radius 2 is 2.38 bits per heavy atom. The van der Waals surface area contributed by atoms with Crippen LogP contribution in [0.2, 0.25) is 0 Å². The molecule has 0 fully saturated rings. The fourth-order valence-corrected chi connectivity index (χ4v) is 1.43. The van der Waals surface area contributed by atoms with Crippen LogP contribution in [0.4, 0.5) is 5.69 Å². The van der Waals surface area contributed by atoms with E-state index in [1.54, 1.807) is 13.3 Å². The zero-order valence-corrected chi connectivity index (χ0v) is 9.86. The molecule has 1 aromatic rings. The summed E-state index contributed by atoms with van der Waals surface area (Å²) >= 11 is 0. The molecule has 0 spiro atoms. The number of hydrogen-bond acceptors (Lipinski definition) is 4. The van der Waals surface area contributed by atoms with Gasteiger partial charge in [0.2, 0.25) is 5.91 Å². The molecule has 3 N–H and O–H groups in total. The summed E-state index contributed by atoms with van der Waals surface area (Å²) in [6.07, 6.45) is 3.12. The highest BCUT2D eigenvalue weighted by molar-refractivity contribution is 5.76. The van der Waals surface area contributed by atoms with Gasteiger partial charge in [-0.15, -0.1) is 0 Å². The summed E-state index contributed by atoms with van der Waals surface area (Å²) in [7, 11) is 1.60. The number of carbonyl (C=O) groups is 1. The van der Waals surface area contributed by atoms with E-state index in [1.807, 2.05) is 13.8 Å². The van der Waals surface area contributed by atoms with E-state index in [0.29, 0.717) is 12.3 Å². The van der Waals surface area contributed by atoms with Crippen LogP contribution < -0.4 is 11.1 Å². The number of ether oxygens (including phenoxy) is 1. The first-order valence-electron chi connectivity index (χ1n) is 5.01. The molecule has 6 nitrogen and oxygen atoms in total. The lowest BCUT2D eigenvalue weighted by Gasteiger charge is -2.25. The number of nitrogens with one attached hydrogen (secondary N) is 1. The fraction of sp³-hybridized carbons (Fsp3) is 0.600. The molecule has 1 heterocycles. The molecule has 90 valence electrons. The van der Waals surface area contributed by atoms with Gasteiger partial charge < -0.3 is 15.8 Å². The maximum Gasteiger partial charge on any atom is 0.242 e. The zero-order valence-electron chi connectivity index (χ0n) is 9.86. The van der Waals surface area contributed by atoms with Crippen LogP contribution in [0.15, 0.2) is 12.4 Å². The van der Waals surface area contributed by atoms with Crippen molar-refractivity contribution in [3.8, 4) is 0 Å². The fourth-order valence-electron chi connectivity index (χ4n) is 1.43. The predicted molar refractivity (Wildman–Crippen MR) is 60.7 cm³/mol. The third-order valence-electron chi connectivity index (χ3n) is 1.94. The molecule has 6 heteroatoms. The van der Waals surface area contributed by atoms with Crippen molar-refractivity contribution in [2.24, 2.45) is 0 Å². The summed E-state index contributed by atoms with van der Waals surface area (Å²) in [4.78, 5) is 11.6. The van der Waals surface area contributed by atoms with Gasteiger partial charge in [0.05, 0.1) is 24.0 Å². The Morgan fingerprint density at radius 3 is 2.88 bits per heavy atom. The number of anilines is 1. The number of rotatable bonds is 5. The van der Waals surface area contributed by atoms with Gasteiger partial charge in [-0.25, -0.2) is 0 Å². The number of nitrogens with zero attached hydrogens (tertiary/aromatic N) is 2. The van der Waals surface area contributed by atoms with E-state index in [9.17, 15) is 4.79 Å². The Kier molecular flexibility index (Phi) is 3.89. The van der Waals surface area contributed by atoms with Crippen LogP contribution in [-0.4, -0.2) is 34.9 Å². The van der Waals surface area contributed by atoms with E-state index in [4.69, 9.17) is 10.5 Å². The lowest BCUT2D eigenvalue weighted by Crippen LogP contribution is -2.47. The zero-order chi connectivity index (χ0) is 12.2. The van der Waals surface area contributed by atoms with Crippen LogP contribution in [0.5, 0.6) is 0 Å². The van der Waals surface area contributed by atoms with Gasteiger partial charge in [-0.1, -0.05) is 0 Å². The van der Waals surface area contributed by atoms with Crippen molar-refractivity contribution >= 4 is 11.6 Å². The lowest BCUT2D eigenvalue weighted by molar-refractivity contribution is -0.124. The largest absolute Gasteiger partial charge is 0.396 e. The first kappa shape index (κ1) is 12.5. The van der Waals surface area contributed by atoms with E-state index in [-0.39, 0.29) is 18.0 Å². The number of hydrogen-bond donors (Lipinski definition) is 2. The summed E-state index contributed by atoms with van der Waals surface area (Å²) < 4.78 is 6.50. The van der Waals surface area contributed by atoms with Crippen molar-refractivity contribution in [1.29, 1.82) is 0 Å². The average Bonchev–Trinajstić information content (AvgIpc) is 2.49. The summed E-state index contributed by atoms with van der Waals surface area (Å²) in [5.41, 5.74) is 5.66. The standard InChI is InChI=1S/C10H18N4O2/c1-10(2,7-16-3)13-9(15)6-14-5-8(11)4-12-14/h4-5H,6-7,11H2,1-3H3,(H,13,15). The Balaban J connectivity index is 2.47.